The number of carboxylic acid groups (broad SMARTS) is 1. The molecule has 0 unspecified atom stereocenters. The smallest absolute Gasteiger partial charge is 0.310 e. The predicted octanol–water partition coefficient (Wildman–Crippen LogP) is 2.54. The summed E-state index contributed by atoms with van der Waals surface area (Å²) >= 11 is 3.99. The van der Waals surface area contributed by atoms with E-state index in [1.807, 2.05) is 23.5 Å². The lowest BCUT2D eigenvalue weighted by molar-refractivity contribution is -0.152. The normalized spacial score (nSPS) is 40.4. The van der Waals surface area contributed by atoms with Crippen LogP contribution < -0.4 is 0 Å². The number of ether oxygens (including phenoxy) is 1. The highest BCUT2D eigenvalue weighted by atomic mass is 32.2. The maximum atomic E-state index is 12.2. The minimum Gasteiger partial charge on any atom is -0.481 e. The van der Waals surface area contributed by atoms with E-state index < -0.39 is 17.8 Å². The molecule has 6 heteroatoms. The number of rotatable bonds is 1. The summed E-state index contributed by atoms with van der Waals surface area (Å²) in [4.78, 5) is 23.7. The molecule has 4 atom stereocenters. The summed E-state index contributed by atoms with van der Waals surface area (Å²) in [6, 6.07) is 0. The van der Waals surface area contributed by atoms with Gasteiger partial charge in [0.05, 0.1) is 15.9 Å². The van der Waals surface area contributed by atoms with Gasteiger partial charge in [-0.05, 0) is 42.8 Å². The monoisotopic (exact) mass is 326 g/mol. The number of fused-ring (bicyclic) bond motifs is 1. The Hall–Kier alpha value is -0.620. The van der Waals surface area contributed by atoms with Crippen molar-refractivity contribution in [2.24, 2.45) is 17.8 Å². The van der Waals surface area contributed by atoms with E-state index in [4.69, 9.17) is 4.74 Å². The van der Waals surface area contributed by atoms with Crippen LogP contribution in [0.4, 0.5) is 0 Å². The molecule has 2 aliphatic carbocycles. The number of thioether (sulfide) groups is 2. The topological polar surface area (TPSA) is 63.6 Å². The third kappa shape index (κ3) is 1.98. The number of carboxylic acids is 1. The average molecular weight is 326 g/mol. The zero-order valence-electron chi connectivity index (χ0n) is 11.6. The Morgan fingerprint density at radius 1 is 1.33 bits per heavy atom. The first kappa shape index (κ1) is 14.0. The van der Waals surface area contributed by atoms with Crippen molar-refractivity contribution in [3.63, 3.8) is 0 Å². The SMILES string of the molecule is O=C1O[C@@H]2CCC3(SCCCS3)C3=CC[C@@H](C(=O)O)[C@@H]1[C@H]32. The van der Waals surface area contributed by atoms with E-state index in [0.29, 0.717) is 6.42 Å². The lowest BCUT2D eigenvalue weighted by Crippen LogP contribution is -2.46. The van der Waals surface area contributed by atoms with Crippen molar-refractivity contribution in [3.05, 3.63) is 11.6 Å². The van der Waals surface area contributed by atoms with E-state index in [-0.39, 0.29) is 22.1 Å². The van der Waals surface area contributed by atoms with E-state index in [1.165, 1.54) is 12.0 Å². The third-order valence-corrected chi connectivity index (χ3v) is 8.69. The van der Waals surface area contributed by atoms with Gasteiger partial charge in [-0.3, -0.25) is 9.59 Å². The molecule has 0 radical (unpaired) electrons. The van der Waals surface area contributed by atoms with Crippen LogP contribution in [0.1, 0.15) is 25.7 Å². The Labute approximate surface area is 132 Å². The number of carbonyl (C=O) groups excluding carboxylic acids is 1. The van der Waals surface area contributed by atoms with Crippen molar-refractivity contribution in [3.8, 4) is 0 Å². The lowest BCUT2D eigenvalue weighted by atomic mass is 9.66. The van der Waals surface area contributed by atoms with Gasteiger partial charge in [0, 0.05) is 5.92 Å². The number of esters is 1. The average Bonchev–Trinajstić information content (AvgIpc) is 2.82. The van der Waals surface area contributed by atoms with Crippen LogP contribution in [-0.4, -0.2) is 38.7 Å². The molecule has 4 rings (SSSR count). The first-order chi connectivity index (χ1) is 10.1. The van der Waals surface area contributed by atoms with Crippen LogP contribution in [-0.2, 0) is 14.3 Å². The minimum absolute atomic E-state index is 0.000741. The number of aliphatic carboxylic acids is 1. The van der Waals surface area contributed by atoms with Gasteiger partial charge in [-0.25, -0.2) is 0 Å². The molecule has 21 heavy (non-hydrogen) atoms. The van der Waals surface area contributed by atoms with Gasteiger partial charge in [0.15, 0.2) is 0 Å². The molecule has 4 aliphatic rings. The van der Waals surface area contributed by atoms with Crippen molar-refractivity contribution in [2.75, 3.05) is 11.5 Å². The van der Waals surface area contributed by atoms with Crippen LogP contribution in [0, 0.1) is 17.8 Å². The Morgan fingerprint density at radius 3 is 2.81 bits per heavy atom. The van der Waals surface area contributed by atoms with Gasteiger partial charge in [-0.2, -0.15) is 0 Å². The van der Waals surface area contributed by atoms with Crippen molar-refractivity contribution >= 4 is 35.5 Å². The first-order valence-electron chi connectivity index (χ1n) is 7.54. The predicted molar refractivity (Wildman–Crippen MR) is 82.2 cm³/mol. The van der Waals surface area contributed by atoms with Crippen molar-refractivity contribution in [2.45, 2.75) is 35.9 Å². The fourth-order valence-corrected chi connectivity index (χ4v) is 7.84. The van der Waals surface area contributed by atoms with Gasteiger partial charge in [-0.1, -0.05) is 6.08 Å². The lowest BCUT2D eigenvalue weighted by Gasteiger charge is -2.48. The Kier molecular flexibility index (Phi) is 3.30. The minimum atomic E-state index is -0.864. The molecular formula is C15H18O4S2. The molecule has 1 N–H and O–H groups in total. The Balaban J connectivity index is 1.75. The molecule has 4 nitrogen and oxygen atoms in total. The second-order valence-electron chi connectivity index (χ2n) is 6.21. The highest BCUT2D eigenvalue weighted by Crippen LogP contribution is 2.61. The maximum absolute atomic E-state index is 12.2. The van der Waals surface area contributed by atoms with Crippen LogP contribution in [0.2, 0.25) is 0 Å². The fourth-order valence-electron chi connectivity index (χ4n) is 4.29. The highest BCUT2D eigenvalue weighted by molar-refractivity contribution is 8.19. The zero-order valence-corrected chi connectivity index (χ0v) is 13.3. The fraction of sp³-hybridized carbons (Fsp3) is 0.733. The van der Waals surface area contributed by atoms with Gasteiger partial charge in [0.2, 0.25) is 0 Å². The quantitative estimate of drug-likeness (QED) is 0.590. The Bertz CT molecular complexity index is 524. The van der Waals surface area contributed by atoms with Crippen molar-refractivity contribution in [1.82, 2.24) is 0 Å². The van der Waals surface area contributed by atoms with Crippen molar-refractivity contribution in [1.29, 1.82) is 0 Å². The number of hydrogen-bond donors (Lipinski definition) is 1. The van der Waals surface area contributed by atoms with E-state index in [1.54, 1.807) is 0 Å². The van der Waals surface area contributed by atoms with Crippen LogP contribution >= 0.6 is 23.5 Å². The molecule has 3 fully saturated rings. The number of allylic oxidation sites excluding steroid dienone is 1. The molecule has 0 amide bonds. The van der Waals surface area contributed by atoms with Crippen LogP contribution in [0.15, 0.2) is 11.6 Å². The molecule has 2 heterocycles. The van der Waals surface area contributed by atoms with E-state index in [2.05, 4.69) is 6.08 Å². The molecule has 1 saturated carbocycles. The van der Waals surface area contributed by atoms with Crippen LogP contribution in [0.3, 0.4) is 0 Å². The molecular weight excluding hydrogens is 308 g/mol. The molecule has 0 bridgehead atoms. The summed E-state index contributed by atoms with van der Waals surface area (Å²) < 4.78 is 5.61. The van der Waals surface area contributed by atoms with E-state index in [0.717, 1.165) is 24.3 Å². The first-order valence-corrected chi connectivity index (χ1v) is 9.51. The summed E-state index contributed by atoms with van der Waals surface area (Å²) in [7, 11) is 0. The zero-order chi connectivity index (χ0) is 14.6. The van der Waals surface area contributed by atoms with Crippen LogP contribution in [0.25, 0.3) is 0 Å². The van der Waals surface area contributed by atoms with Gasteiger partial charge in [0.1, 0.15) is 6.10 Å². The molecule has 0 aromatic rings. The standard InChI is InChI=1S/C15H18O4S2/c16-13(17)8-2-3-9-12-10(19-14(18)11(8)12)4-5-15(9)20-6-1-7-21-15/h3,8,10-12H,1-2,4-7H2,(H,16,17)/t8-,10-,11-,12-/m1/s1. The van der Waals surface area contributed by atoms with Gasteiger partial charge >= 0.3 is 11.9 Å². The molecule has 2 aliphatic heterocycles. The third-order valence-electron chi connectivity index (χ3n) is 5.19. The Morgan fingerprint density at radius 2 is 2.10 bits per heavy atom. The van der Waals surface area contributed by atoms with E-state index >= 15 is 0 Å². The second-order valence-corrected chi connectivity index (χ2v) is 9.25. The van der Waals surface area contributed by atoms with Crippen molar-refractivity contribution < 1.29 is 19.4 Å². The summed E-state index contributed by atoms with van der Waals surface area (Å²) in [5.74, 6) is 0.0898. The molecule has 0 aromatic carbocycles. The number of carbonyl (C=O) groups is 2. The number of hydrogen-bond acceptors (Lipinski definition) is 5. The largest absolute Gasteiger partial charge is 0.481 e. The van der Waals surface area contributed by atoms with Gasteiger partial charge in [0.25, 0.3) is 0 Å². The van der Waals surface area contributed by atoms with Gasteiger partial charge < -0.3 is 9.84 Å². The highest BCUT2D eigenvalue weighted by Gasteiger charge is 2.60. The molecule has 2 saturated heterocycles. The van der Waals surface area contributed by atoms with Gasteiger partial charge in [-0.15, -0.1) is 23.5 Å². The molecule has 114 valence electrons. The summed E-state index contributed by atoms with van der Waals surface area (Å²) in [5, 5.41) is 9.42. The van der Waals surface area contributed by atoms with Crippen LogP contribution in [0.5, 0.6) is 0 Å². The van der Waals surface area contributed by atoms with E-state index in [9.17, 15) is 14.7 Å². The summed E-state index contributed by atoms with van der Waals surface area (Å²) in [6.07, 6.45) is 5.64. The summed E-state index contributed by atoms with van der Waals surface area (Å²) in [6.45, 7) is 0. The second kappa shape index (κ2) is 4.95. The molecule has 0 aromatic heterocycles. The maximum Gasteiger partial charge on any atom is 0.310 e. The summed E-state index contributed by atoms with van der Waals surface area (Å²) in [5.41, 5.74) is 1.31. The molecule has 1 spiro atoms.